The Balaban J connectivity index is 1.75. The number of hydrogen-bond acceptors (Lipinski definition) is 2. The highest BCUT2D eigenvalue weighted by atomic mass is 14.9. The lowest BCUT2D eigenvalue weighted by Crippen LogP contribution is -2.30. The van der Waals surface area contributed by atoms with E-state index in [2.05, 4.69) is 42.6 Å². The van der Waals surface area contributed by atoms with Crippen molar-refractivity contribution in [2.75, 3.05) is 19.6 Å². The molecule has 17 heavy (non-hydrogen) atoms. The summed E-state index contributed by atoms with van der Waals surface area (Å²) in [5.41, 5.74) is 7.20. The Labute approximate surface area is 105 Å². The molecule has 0 radical (unpaired) electrons. The molecule has 2 atom stereocenters. The van der Waals surface area contributed by atoms with Gasteiger partial charge in [0.2, 0.25) is 0 Å². The second kappa shape index (κ2) is 6.18. The second-order valence-corrected chi connectivity index (χ2v) is 5.32. The Hall–Kier alpha value is -0.860. The number of rotatable bonds is 7. The van der Waals surface area contributed by atoms with Gasteiger partial charge in [-0.1, -0.05) is 37.3 Å². The molecule has 1 saturated carbocycles. The minimum atomic E-state index is 0.447. The van der Waals surface area contributed by atoms with Crippen LogP contribution in [-0.4, -0.2) is 19.6 Å². The Morgan fingerprint density at radius 3 is 2.53 bits per heavy atom. The van der Waals surface area contributed by atoms with Gasteiger partial charge in [0.05, 0.1) is 0 Å². The zero-order valence-electron chi connectivity index (χ0n) is 10.7. The maximum Gasteiger partial charge on any atom is 0.00863 e. The molecule has 0 saturated heterocycles. The molecule has 2 rings (SSSR count). The van der Waals surface area contributed by atoms with Gasteiger partial charge in [0.25, 0.3) is 0 Å². The van der Waals surface area contributed by atoms with E-state index in [0.29, 0.717) is 5.92 Å². The second-order valence-electron chi connectivity index (χ2n) is 5.32. The Morgan fingerprint density at radius 2 is 1.94 bits per heavy atom. The molecule has 2 unspecified atom stereocenters. The molecule has 0 heterocycles. The monoisotopic (exact) mass is 232 g/mol. The number of hydrogen-bond donors (Lipinski definition) is 2. The molecule has 2 heteroatoms. The fourth-order valence-corrected chi connectivity index (χ4v) is 2.38. The molecular weight excluding hydrogens is 208 g/mol. The van der Waals surface area contributed by atoms with Crippen LogP contribution in [0.1, 0.15) is 31.2 Å². The normalized spacial score (nSPS) is 18.9. The summed E-state index contributed by atoms with van der Waals surface area (Å²) in [5.74, 6) is 2.25. The molecule has 0 bridgehead atoms. The van der Waals surface area contributed by atoms with Gasteiger partial charge >= 0.3 is 0 Å². The molecule has 2 nitrogen and oxygen atoms in total. The number of benzene rings is 1. The van der Waals surface area contributed by atoms with E-state index in [0.717, 1.165) is 31.5 Å². The molecule has 0 aromatic heterocycles. The average molecular weight is 232 g/mol. The Morgan fingerprint density at radius 1 is 1.24 bits per heavy atom. The fraction of sp³-hybridized carbons (Fsp3) is 0.600. The standard InChI is InChI=1S/C15H24N2/c1-12(13-7-8-13)10-17-11-15(9-16)14-5-3-2-4-6-14/h2-6,12-13,15,17H,7-11,16H2,1H3. The molecule has 1 aliphatic rings. The summed E-state index contributed by atoms with van der Waals surface area (Å²) in [5, 5.41) is 3.58. The molecule has 94 valence electrons. The van der Waals surface area contributed by atoms with Crippen LogP contribution in [0.4, 0.5) is 0 Å². The largest absolute Gasteiger partial charge is 0.330 e. The zero-order chi connectivity index (χ0) is 12.1. The minimum Gasteiger partial charge on any atom is -0.330 e. The predicted molar refractivity (Wildman–Crippen MR) is 73.0 cm³/mol. The van der Waals surface area contributed by atoms with E-state index >= 15 is 0 Å². The summed E-state index contributed by atoms with van der Waals surface area (Å²) in [6.45, 7) is 5.20. The summed E-state index contributed by atoms with van der Waals surface area (Å²) < 4.78 is 0. The van der Waals surface area contributed by atoms with Crippen LogP contribution in [0.25, 0.3) is 0 Å². The van der Waals surface area contributed by atoms with E-state index in [1.165, 1.54) is 18.4 Å². The summed E-state index contributed by atoms with van der Waals surface area (Å²) in [7, 11) is 0. The van der Waals surface area contributed by atoms with Crippen LogP contribution in [0.15, 0.2) is 30.3 Å². The molecule has 3 N–H and O–H groups in total. The van der Waals surface area contributed by atoms with E-state index < -0.39 is 0 Å². The van der Waals surface area contributed by atoms with Gasteiger partial charge in [-0.3, -0.25) is 0 Å². The SMILES string of the molecule is CC(CNCC(CN)c1ccccc1)C1CC1. The van der Waals surface area contributed by atoms with E-state index in [1.807, 2.05) is 0 Å². The smallest absolute Gasteiger partial charge is 0.00863 e. The summed E-state index contributed by atoms with van der Waals surface area (Å²) in [4.78, 5) is 0. The van der Waals surface area contributed by atoms with Gasteiger partial charge < -0.3 is 11.1 Å². The van der Waals surface area contributed by atoms with Crippen molar-refractivity contribution in [3.05, 3.63) is 35.9 Å². The molecule has 1 aromatic rings. The van der Waals surface area contributed by atoms with Gasteiger partial charge in [-0.25, -0.2) is 0 Å². The quantitative estimate of drug-likeness (QED) is 0.757. The van der Waals surface area contributed by atoms with Crippen molar-refractivity contribution in [3.8, 4) is 0 Å². The van der Waals surface area contributed by atoms with Crippen LogP contribution in [-0.2, 0) is 0 Å². The van der Waals surface area contributed by atoms with Gasteiger partial charge in [-0.05, 0) is 36.8 Å². The zero-order valence-corrected chi connectivity index (χ0v) is 10.7. The minimum absolute atomic E-state index is 0.447. The van der Waals surface area contributed by atoms with E-state index in [9.17, 15) is 0 Å². The van der Waals surface area contributed by atoms with Crippen LogP contribution < -0.4 is 11.1 Å². The highest BCUT2D eigenvalue weighted by Gasteiger charge is 2.27. The first kappa shape index (κ1) is 12.6. The van der Waals surface area contributed by atoms with Gasteiger partial charge in [0, 0.05) is 19.0 Å². The van der Waals surface area contributed by atoms with Crippen molar-refractivity contribution < 1.29 is 0 Å². The van der Waals surface area contributed by atoms with Crippen LogP contribution in [0, 0.1) is 11.8 Å². The molecule has 1 aromatic carbocycles. The van der Waals surface area contributed by atoms with Crippen LogP contribution in [0.5, 0.6) is 0 Å². The van der Waals surface area contributed by atoms with Crippen molar-refractivity contribution in [1.82, 2.24) is 5.32 Å². The van der Waals surface area contributed by atoms with E-state index in [1.54, 1.807) is 0 Å². The first-order valence-electron chi connectivity index (χ1n) is 6.77. The van der Waals surface area contributed by atoms with Crippen molar-refractivity contribution in [2.24, 2.45) is 17.6 Å². The van der Waals surface area contributed by atoms with Crippen LogP contribution in [0.2, 0.25) is 0 Å². The third-order valence-electron chi connectivity index (χ3n) is 3.84. The maximum absolute atomic E-state index is 5.85. The molecule has 0 aliphatic heterocycles. The molecule has 0 amide bonds. The molecule has 1 aliphatic carbocycles. The molecular formula is C15H24N2. The maximum atomic E-state index is 5.85. The Bertz CT molecular complexity index is 319. The lowest BCUT2D eigenvalue weighted by Gasteiger charge is -2.18. The van der Waals surface area contributed by atoms with E-state index in [-0.39, 0.29) is 0 Å². The van der Waals surface area contributed by atoms with Gasteiger partial charge in [-0.2, -0.15) is 0 Å². The van der Waals surface area contributed by atoms with Gasteiger partial charge in [-0.15, -0.1) is 0 Å². The van der Waals surface area contributed by atoms with Crippen molar-refractivity contribution >= 4 is 0 Å². The Kier molecular flexibility index (Phi) is 4.57. The van der Waals surface area contributed by atoms with Gasteiger partial charge in [0.1, 0.15) is 0 Å². The average Bonchev–Trinajstić information content (AvgIpc) is 3.20. The molecule has 1 fully saturated rings. The van der Waals surface area contributed by atoms with Crippen molar-refractivity contribution in [2.45, 2.75) is 25.7 Å². The van der Waals surface area contributed by atoms with Crippen molar-refractivity contribution in [1.29, 1.82) is 0 Å². The summed E-state index contributed by atoms with van der Waals surface area (Å²) in [6.07, 6.45) is 2.86. The van der Waals surface area contributed by atoms with Crippen LogP contribution >= 0.6 is 0 Å². The lowest BCUT2D eigenvalue weighted by molar-refractivity contribution is 0.449. The van der Waals surface area contributed by atoms with E-state index in [4.69, 9.17) is 5.73 Å². The number of nitrogens with one attached hydrogen (secondary N) is 1. The first-order valence-corrected chi connectivity index (χ1v) is 6.77. The van der Waals surface area contributed by atoms with Crippen molar-refractivity contribution in [3.63, 3.8) is 0 Å². The fourth-order valence-electron chi connectivity index (χ4n) is 2.38. The third-order valence-corrected chi connectivity index (χ3v) is 3.84. The highest BCUT2D eigenvalue weighted by molar-refractivity contribution is 5.20. The topological polar surface area (TPSA) is 38.0 Å². The number of nitrogens with two attached hydrogens (primary N) is 1. The summed E-state index contributed by atoms with van der Waals surface area (Å²) in [6, 6.07) is 10.6. The highest BCUT2D eigenvalue weighted by Crippen LogP contribution is 2.36. The van der Waals surface area contributed by atoms with Crippen LogP contribution in [0.3, 0.4) is 0 Å². The summed E-state index contributed by atoms with van der Waals surface area (Å²) >= 11 is 0. The van der Waals surface area contributed by atoms with Gasteiger partial charge in [0.15, 0.2) is 0 Å². The third kappa shape index (κ3) is 3.83. The predicted octanol–water partition coefficient (Wildman–Crippen LogP) is 2.36. The molecule has 0 spiro atoms. The first-order chi connectivity index (χ1) is 8.31. The lowest BCUT2D eigenvalue weighted by atomic mass is 9.99.